The molecule has 0 radical (unpaired) electrons. The van der Waals surface area contributed by atoms with Crippen molar-refractivity contribution in [3.05, 3.63) is 58.5 Å². The Labute approximate surface area is 159 Å². The number of amides is 2. The van der Waals surface area contributed by atoms with Crippen LogP contribution in [0, 0.1) is 0 Å². The summed E-state index contributed by atoms with van der Waals surface area (Å²) >= 11 is 5.91. The number of carbonyl (C=O) groups is 2. The molecule has 136 valence electrons. The summed E-state index contributed by atoms with van der Waals surface area (Å²) in [7, 11) is 1.54. The van der Waals surface area contributed by atoms with Crippen LogP contribution < -0.4 is 10.6 Å². The average molecular weight is 383 g/mol. The lowest BCUT2D eigenvalue weighted by atomic mass is 9.87. The predicted molar refractivity (Wildman–Crippen MR) is 99.5 cm³/mol. The number of rotatable bonds is 3. The van der Waals surface area contributed by atoms with Gasteiger partial charge < -0.3 is 10.6 Å². The van der Waals surface area contributed by atoms with Gasteiger partial charge >= 0.3 is 0 Å². The summed E-state index contributed by atoms with van der Waals surface area (Å²) < 4.78 is 0. The maximum atomic E-state index is 12.1. The lowest BCUT2D eigenvalue weighted by Crippen LogP contribution is -2.26. The Bertz CT molecular complexity index is 1010. The van der Waals surface area contributed by atoms with Crippen molar-refractivity contribution in [2.24, 2.45) is 0 Å². The molecule has 1 aromatic carbocycles. The number of H-pyrrole nitrogens is 1. The molecule has 0 bridgehead atoms. The molecule has 8 nitrogen and oxygen atoms in total. The minimum atomic E-state index is -0.362. The highest BCUT2D eigenvalue weighted by atomic mass is 35.5. The molecular formula is C18H15ClN6O2. The number of aromatic amines is 1. The quantitative estimate of drug-likeness (QED) is 0.643. The first-order chi connectivity index (χ1) is 13.1. The van der Waals surface area contributed by atoms with Crippen molar-refractivity contribution >= 4 is 29.2 Å². The highest BCUT2D eigenvalue weighted by molar-refractivity contribution is 6.30. The van der Waals surface area contributed by atoms with Crippen LogP contribution in [0.3, 0.4) is 0 Å². The van der Waals surface area contributed by atoms with E-state index in [0.29, 0.717) is 27.9 Å². The zero-order chi connectivity index (χ0) is 19.0. The van der Waals surface area contributed by atoms with Gasteiger partial charge in [-0.2, -0.15) is 5.10 Å². The topological polar surface area (TPSA) is 113 Å². The van der Waals surface area contributed by atoms with E-state index in [9.17, 15) is 9.59 Å². The lowest BCUT2D eigenvalue weighted by molar-refractivity contribution is -0.116. The van der Waals surface area contributed by atoms with Gasteiger partial charge in [-0.1, -0.05) is 11.6 Å². The molecule has 0 saturated carbocycles. The van der Waals surface area contributed by atoms with Crippen molar-refractivity contribution in [2.45, 2.75) is 12.3 Å². The number of aromatic nitrogens is 4. The number of benzene rings is 1. The molecule has 4 rings (SSSR count). The second-order valence-corrected chi connectivity index (χ2v) is 6.53. The fourth-order valence-corrected chi connectivity index (χ4v) is 3.23. The molecule has 3 aromatic rings. The van der Waals surface area contributed by atoms with Gasteiger partial charge in [-0.3, -0.25) is 14.7 Å². The van der Waals surface area contributed by atoms with Crippen molar-refractivity contribution in [1.29, 1.82) is 0 Å². The molecule has 0 fully saturated rings. The largest absolute Gasteiger partial charge is 0.354 e. The second-order valence-electron chi connectivity index (χ2n) is 6.09. The molecule has 2 aromatic heterocycles. The van der Waals surface area contributed by atoms with E-state index in [-0.39, 0.29) is 24.2 Å². The highest BCUT2D eigenvalue weighted by Gasteiger charge is 2.33. The number of nitrogens with zero attached hydrogens (tertiary/aromatic N) is 3. The third kappa shape index (κ3) is 3.15. The van der Waals surface area contributed by atoms with Crippen molar-refractivity contribution in [3.63, 3.8) is 0 Å². The summed E-state index contributed by atoms with van der Waals surface area (Å²) in [6.45, 7) is 0. The third-order valence-electron chi connectivity index (χ3n) is 4.43. The van der Waals surface area contributed by atoms with Crippen LogP contribution in [0.15, 0.2) is 36.7 Å². The first-order valence-electron chi connectivity index (χ1n) is 8.25. The fourth-order valence-electron chi connectivity index (χ4n) is 3.10. The summed E-state index contributed by atoms with van der Waals surface area (Å²) in [4.78, 5) is 33.0. The van der Waals surface area contributed by atoms with E-state index in [1.54, 1.807) is 24.5 Å². The van der Waals surface area contributed by atoms with E-state index < -0.39 is 0 Å². The van der Waals surface area contributed by atoms with Crippen molar-refractivity contribution in [3.8, 4) is 11.4 Å². The monoisotopic (exact) mass is 382 g/mol. The molecule has 0 spiro atoms. The first kappa shape index (κ1) is 17.2. The molecule has 1 unspecified atom stereocenters. The minimum Gasteiger partial charge on any atom is -0.354 e. The van der Waals surface area contributed by atoms with E-state index in [2.05, 4.69) is 30.8 Å². The summed E-state index contributed by atoms with van der Waals surface area (Å²) in [6.07, 6.45) is 3.52. The molecule has 0 aliphatic carbocycles. The number of nitrogens with one attached hydrogen (secondary N) is 3. The second kappa shape index (κ2) is 6.81. The van der Waals surface area contributed by atoms with E-state index in [1.165, 1.54) is 7.05 Å². The van der Waals surface area contributed by atoms with Gasteiger partial charge in [-0.05, 0) is 29.8 Å². The Hall–Kier alpha value is -3.26. The molecule has 1 aliphatic rings. The zero-order valence-electron chi connectivity index (χ0n) is 14.3. The van der Waals surface area contributed by atoms with Crippen LogP contribution in [0.2, 0.25) is 5.02 Å². The number of anilines is 1. The Morgan fingerprint density at radius 1 is 1.22 bits per heavy atom. The molecule has 3 heterocycles. The summed E-state index contributed by atoms with van der Waals surface area (Å²) in [6, 6.07) is 7.21. The Morgan fingerprint density at radius 2 is 1.93 bits per heavy atom. The van der Waals surface area contributed by atoms with Crippen molar-refractivity contribution in [2.75, 3.05) is 12.4 Å². The summed E-state index contributed by atoms with van der Waals surface area (Å²) in [5.74, 6) is 0.0677. The summed E-state index contributed by atoms with van der Waals surface area (Å²) in [5.41, 5.74) is 2.52. The number of hydrogen-bond donors (Lipinski definition) is 3. The minimum absolute atomic E-state index is 0.177. The molecule has 9 heteroatoms. The van der Waals surface area contributed by atoms with Gasteiger partial charge in [0.15, 0.2) is 11.6 Å². The van der Waals surface area contributed by atoms with Gasteiger partial charge in [-0.25, -0.2) is 9.97 Å². The highest BCUT2D eigenvalue weighted by Crippen LogP contribution is 2.37. The van der Waals surface area contributed by atoms with Gasteiger partial charge in [-0.15, -0.1) is 0 Å². The Balaban J connectivity index is 1.72. The number of hydrogen-bond acceptors (Lipinski definition) is 5. The molecular weight excluding hydrogens is 368 g/mol. The predicted octanol–water partition coefficient (Wildman–Crippen LogP) is 2.35. The number of halogens is 1. The first-order valence-corrected chi connectivity index (χ1v) is 8.62. The molecule has 2 amide bonds. The van der Waals surface area contributed by atoms with Gasteiger partial charge in [0.05, 0.1) is 0 Å². The molecule has 27 heavy (non-hydrogen) atoms. The molecule has 1 atom stereocenters. The van der Waals surface area contributed by atoms with Crippen LogP contribution in [0.1, 0.15) is 34.0 Å². The third-order valence-corrected chi connectivity index (χ3v) is 4.68. The maximum Gasteiger partial charge on any atom is 0.269 e. The normalized spacial score (nSPS) is 15.8. The van der Waals surface area contributed by atoms with Crippen molar-refractivity contribution < 1.29 is 9.59 Å². The number of fused-ring (bicyclic) bond motifs is 1. The SMILES string of the molecule is CNC(=O)c1[nH]nc2c1C(c1cnc(-c3ccc(Cl)cc3)nc1)CC(=O)N2. The standard InChI is InChI=1S/C18H15ClN6O2/c1-20-18(27)15-14-12(6-13(26)23-17(14)25-24-15)10-7-21-16(22-8-10)9-2-4-11(19)5-3-9/h2-5,7-8,12H,6H2,1H3,(H,20,27)(H2,23,24,25,26). The van der Waals surface area contributed by atoms with Gasteiger partial charge in [0.1, 0.15) is 5.69 Å². The van der Waals surface area contributed by atoms with Crippen molar-refractivity contribution in [1.82, 2.24) is 25.5 Å². The average Bonchev–Trinajstić information content (AvgIpc) is 3.11. The Kier molecular flexibility index (Phi) is 4.33. The van der Waals surface area contributed by atoms with Gasteiger partial charge in [0, 0.05) is 47.9 Å². The fraction of sp³-hybridized carbons (Fsp3) is 0.167. The number of carbonyl (C=O) groups excluding carboxylic acids is 2. The van der Waals surface area contributed by atoms with Crippen LogP contribution in [-0.4, -0.2) is 39.0 Å². The van der Waals surface area contributed by atoms with E-state index in [1.807, 2.05) is 12.1 Å². The zero-order valence-corrected chi connectivity index (χ0v) is 15.0. The Morgan fingerprint density at radius 3 is 2.59 bits per heavy atom. The van der Waals surface area contributed by atoms with Crippen LogP contribution >= 0.6 is 11.6 Å². The van der Waals surface area contributed by atoms with Gasteiger partial charge in [0.2, 0.25) is 5.91 Å². The van der Waals surface area contributed by atoms with Gasteiger partial charge in [0.25, 0.3) is 5.91 Å². The van der Waals surface area contributed by atoms with E-state index in [0.717, 1.165) is 11.1 Å². The van der Waals surface area contributed by atoms with Crippen LogP contribution in [0.5, 0.6) is 0 Å². The molecule has 3 N–H and O–H groups in total. The van der Waals surface area contributed by atoms with E-state index >= 15 is 0 Å². The summed E-state index contributed by atoms with van der Waals surface area (Å²) in [5, 5.41) is 12.6. The smallest absolute Gasteiger partial charge is 0.269 e. The molecule has 0 saturated heterocycles. The molecule has 1 aliphatic heterocycles. The van der Waals surface area contributed by atoms with Crippen LogP contribution in [0.25, 0.3) is 11.4 Å². The maximum absolute atomic E-state index is 12.1. The lowest BCUT2D eigenvalue weighted by Gasteiger charge is -2.22. The van der Waals surface area contributed by atoms with Crippen LogP contribution in [-0.2, 0) is 4.79 Å². The van der Waals surface area contributed by atoms with Crippen LogP contribution in [0.4, 0.5) is 5.82 Å². The van der Waals surface area contributed by atoms with E-state index in [4.69, 9.17) is 11.6 Å².